The van der Waals surface area contributed by atoms with Crippen LogP contribution in [-0.4, -0.2) is 15.3 Å². The van der Waals surface area contributed by atoms with Gasteiger partial charge in [0.25, 0.3) is 0 Å². The van der Waals surface area contributed by atoms with Gasteiger partial charge in [-0.2, -0.15) is 0 Å². The van der Waals surface area contributed by atoms with Gasteiger partial charge in [-0.3, -0.25) is 0 Å². The number of rotatable bonds is 1. The molecule has 0 unspecified atom stereocenters. The molecule has 0 fully saturated rings. The van der Waals surface area contributed by atoms with Crippen molar-refractivity contribution in [2.75, 3.05) is 0 Å². The summed E-state index contributed by atoms with van der Waals surface area (Å²) in [4.78, 5) is 3.38. The summed E-state index contributed by atoms with van der Waals surface area (Å²) in [5.41, 5.74) is 1.42. The van der Waals surface area contributed by atoms with E-state index in [0.29, 0.717) is 10.3 Å². The van der Waals surface area contributed by atoms with Crippen LogP contribution in [0.25, 0.3) is 0 Å². The lowest BCUT2D eigenvalue weighted by molar-refractivity contribution is 0.714. The van der Waals surface area contributed by atoms with E-state index < -0.39 is 0 Å². The third kappa shape index (κ3) is 2.60. The summed E-state index contributed by atoms with van der Waals surface area (Å²) in [6, 6.07) is 4.32. The van der Waals surface area contributed by atoms with Crippen molar-refractivity contribution in [3.05, 3.63) is 18.3 Å². The fraction of sp³-hybridized carbons (Fsp3) is 0.667. The Morgan fingerprint density at radius 2 is 1.50 bits per heavy atom. The molecule has 0 saturated carbocycles. The zero-order chi connectivity index (χ0) is 11.0. The first-order chi connectivity index (χ1) is 6.23. The normalized spacial score (nSPS) is 13.6. The van der Waals surface area contributed by atoms with Crippen LogP contribution in [0.1, 0.15) is 41.5 Å². The molecular formula is C12H22NP. The van der Waals surface area contributed by atoms with Gasteiger partial charge >= 0.3 is 0 Å². The van der Waals surface area contributed by atoms with Gasteiger partial charge in [0.05, 0.1) is 0 Å². The highest BCUT2D eigenvalue weighted by Gasteiger charge is 2.36. The molecule has 2 heteroatoms. The van der Waals surface area contributed by atoms with Gasteiger partial charge in [-0.15, -0.1) is 0 Å². The fourth-order valence-corrected chi connectivity index (χ4v) is 6.09. The molecule has 1 rings (SSSR count). The van der Waals surface area contributed by atoms with Gasteiger partial charge in [0.1, 0.15) is 0 Å². The Morgan fingerprint density at radius 1 is 1.00 bits per heavy atom. The predicted molar refractivity (Wildman–Crippen MR) is 66.9 cm³/mol. The van der Waals surface area contributed by atoms with E-state index in [1.807, 2.05) is 6.20 Å². The topological polar surface area (TPSA) is 15.8 Å². The maximum Gasteiger partial charge on any atom is 0.0394 e. The molecule has 1 heterocycles. The van der Waals surface area contributed by atoms with Crippen LogP contribution in [0.5, 0.6) is 0 Å². The average molecular weight is 211 g/mol. The highest BCUT2D eigenvalue weighted by molar-refractivity contribution is 7.68. The Balaban J connectivity index is 3.08. The largest absolute Gasteiger partial charge is 0.361 e. The highest BCUT2D eigenvalue weighted by Crippen LogP contribution is 2.57. The summed E-state index contributed by atoms with van der Waals surface area (Å²) in [6.07, 6.45) is 2.03. The third-order valence-corrected chi connectivity index (χ3v) is 5.61. The van der Waals surface area contributed by atoms with E-state index >= 15 is 0 Å². The van der Waals surface area contributed by atoms with Crippen molar-refractivity contribution >= 4 is 13.4 Å². The van der Waals surface area contributed by atoms with Gasteiger partial charge in [0, 0.05) is 11.6 Å². The zero-order valence-electron chi connectivity index (χ0n) is 10.2. The van der Waals surface area contributed by atoms with Crippen LogP contribution in [0.4, 0.5) is 0 Å². The van der Waals surface area contributed by atoms with Crippen molar-refractivity contribution in [3.63, 3.8) is 0 Å². The summed E-state index contributed by atoms with van der Waals surface area (Å²) in [5, 5.41) is 0.719. The van der Waals surface area contributed by atoms with E-state index in [9.17, 15) is 0 Å². The molecule has 0 aliphatic carbocycles. The quantitative estimate of drug-likeness (QED) is 0.681. The monoisotopic (exact) mass is 211 g/mol. The molecule has 80 valence electrons. The van der Waals surface area contributed by atoms with E-state index in [1.165, 1.54) is 5.44 Å². The second kappa shape index (κ2) is 3.70. The average Bonchev–Trinajstić information content (AvgIpc) is 2.31. The Hall–Kier alpha value is -0.290. The first-order valence-electron chi connectivity index (χ1n) is 5.16. The minimum absolute atomic E-state index is 0.156. The zero-order valence-corrected chi connectivity index (χ0v) is 11.1. The Labute approximate surface area is 89.1 Å². The molecule has 0 aliphatic heterocycles. The maximum absolute atomic E-state index is 3.38. The SMILES string of the molecule is CC(C)(C)P(c1ccc[nH]1)C(C)(C)C. The Morgan fingerprint density at radius 3 is 1.79 bits per heavy atom. The maximum atomic E-state index is 3.38. The first kappa shape index (κ1) is 11.8. The van der Waals surface area contributed by atoms with Gasteiger partial charge in [0.2, 0.25) is 0 Å². The van der Waals surface area contributed by atoms with E-state index in [4.69, 9.17) is 0 Å². The second-order valence-electron chi connectivity index (χ2n) is 5.73. The van der Waals surface area contributed by atoms with Crippen LogP contribution in [-0.2, 0) is 0 Å². The summed E-state index contributed by atoms with van der Waals surface area (Å²) >= 11 is 0. The lowest BCUT2D eigenvalue weighted by Crippen LogP contribution is -2.31. The van der Waals surface area contributed by atoms with E-state index in [1.54, 1.807) is 0 Å². The fourth-order valence-electron chi connectivity index (χ4n) is 2.19. The molecule has 14 heavy (non-hydrogen) atoms. The summed E-state index contributed by atoms with van der Waals surface area (Å²) in [5.74, 6) is 0. The van der Waals surface area contributed by atoms with Gasteiger partial charge in [-0.05, 0) is 30.4 Å². The first-order valence-corrected chi connectivity index (χ1v) is 6.51. The van der Waals surface area contributed by atoms with E-state index in [2.05, 4.69) is 58.7 Å². The smallest absolute Gasteiger partial charge is 0.0394 e. The number of nitrogens with one attached hydrogen (secondary N) is 1. The van der Waals surface area contributed by atoms with Gasteiger partial charge in [0.15, 0.2) is 0 Å². The third-order valence-electron chi connectivity index (χ3n) is 2.16. The number of aromatic nitrogens is 1. The molecule has 0 bridgehead atoms. The summed E-state index contributed by atoms with van der Waals surface area (Å²) < 4.78 is 0. The van der Waals surface area contributed by atoms with Gasteiger partial charge in [-0.1, -0.05) is 41.5 Å². The molecule has 0 atom stereocenters. The molecule has 0 aliphatic rings. The predicted octanol–water partition coefficient (Wildman–Crippen LogP) is 3.72. The van der Waals surface area contributed by atoms with Crippen molar-refractivity contribution in [1.29, 1.82) is 0 Å². The standard InChI is InChI=1S/C12H22NP/c1-11(2,3)14(12(4,5)6)10-8-7-9-13-10/h7-9,13H,1-6H3. The van der Waals surface area contributed by atoms with Crippen molar-refractivity contribution in [1.82, 2.24) is 4.98 Å². The van der Waals surface area contributed by atoms with E-state index in [-0.39, 0.29) is 7.92 Å². The summed E-state index contributed by atoms with van der Waals surface area (Å²) in [7, 11) is -0.156. The van der Waals surface area contributed by atoms with Crippen LogP contribution >= 0.6 is 7.92 Å². The molecule has 1 nitrogen and oxygen atoms in total. The molecular weight excluding hydrogens is 189 g/mol. The van der Waals surface area contributed by atoms with Crippen LogP contribution in [0.15, 0.2) is 18.3 Å². The van der Waals surface area contributed by atoms with Gasteiger partial charge in [-0.25, -0.2) is 0 Å². The Kier molecular flexibility index (Phi) is 3.11. The Bertz CT molecular complexity index is 260. The minimum Gasteiger partial charge on any atom is -0.361 e. The number of aromatic amines is 1. The molecule has 0 saturated heterocycles. The lowest BCUT2D eigenvalue weighted by atomic mass is 10.2. The molecule has 1 aromatic heterocycles. The summed E-state index contributed by atoms with van der Waals surface area (Å²) in [6.45, 7) is 14.0. The molecule has 0 radical (unpaired) electrons. The number of H-pyrrole nitrogens is 1. The van der Waals surface area contributed by atoms with Crippen molar-refractivity contribution in [3.8, 4) is 0 Å². The highest BCUT2D eigenvalue weighted by atomic mass is 31.1. The van der Waals surface area contributed by atoms with Crippen molar-refractivity contribution < 1.29 is 0 Å². The van der Waals surface area contributed by atoms with Crippen molar-refractivity contribution in [2.24, 2.45) is 0 Å². The van der Waals surface area contributed by atoms with Crippen LogP contribution < -0.4 is 5.44 Å². The molecule has 1 N–H and O–H groups in total. The second-order valence-corrected chi connectivity index (χ2v) is 9.57. The molecule has 0 aromatic carbocycles. The molecule has 0 spiro atoms. The lowest BCUT2D eigenvalue weighted by Gasteiger charge is -2.40. The van der Waals surface area contributed by atoms with Crippen LogP contribution in [0.2, 0.25) is 0 Å². The number of hydrogen-bond donors (Lipinski definition) is 1. The molecule has 0 amide bonds. The van der Waals surface area contributed by atoms with Crippen molar-refractivity contribution in [2.45, 2.75) is 51.9 Å². The van der Waals surface area contributed by atoms with Gasteiger partial charge < -0.3 is 4.98 Å². The van der Waals surface area contributed by atoms with Crippen LogP contribution in [0, 0.1) is 0 Å². The minimum atomic E-state index is -0.156. The number of hydrogen-bond acceptors (Lipinski definition) is 0. The van der Waals surface area contributed by atoms with Crippen LogP contribution in [0.3, 0.4) is 0 Å². The molecule has 1 aromatic rings. The van der Waals surface area contributed by atoms with E-state index in [0.717, 1.165) is 0 Å².